The Bertz CT molecular complexity index is 1910. The molecule has 3 heterocycles. The van der Waals surface area contributed by atoms with E-state index in [0.717, 1.165) is 55.5 Å². The minimum absolute atomic E-state index is 0.313. The Kier molecular flexibility index (Phi) is 6.30. The number of fused-ring (bicyclic) bond motifs is 3. The van der Waals surface area contributed by atoms with Gasteiger partial charge in [0.2, 0.25) is 0 Å². The van der Waals surface area contributed by atoms with Crippen LogP contribution in [0.2, 0.25) is 5.15 Å². The van der Waals surface area contributed by atoms with E-state index in [0.29, 0.717) is 16.4 Å². The molecule has 0 atom stereocenters. The molecule has 9 heteroatoms. The number of halogens is 1. The van der Waals surface area contributed by atoms with Gasteiger partial charge in [-0.25, -0.2) is 15.4 Å². The van der Waals surface area contributed by atoms with Gasteiger partial charge in [-0.3, -0.25) is 4.79 Å². The maximum Gasteiger partial charge on any atom is 0.287 e. The van der Waals surface area contributed by atoms with Crippen molar-refractivity contribution >= 4 is 67.8 Å². The number of carbonyl (C=O) groups is 1. The lowest BCUT2D eigenvalue weighted by Crippen LogP contribution is -2.17. The maximum absolute atomic E-state index is 12.8. The lowest BCUT2D eigenvalue weighted by molar-refractivity contribution is 0.0951. The molecule has 0 saturated heterocycles. The number of hydrazone groups is 1. The molecular weight excluding hydrogens is 512 g/mol. The Morgan fingerprint density at radius 1 is 1.00 bits per heavy atom. The molecule has 0 radical (unpaired) electrons. The molecule has 0 spiro atoms. The van der Waals surface area contributed by atoms with Crippen LogP contribution >= 0.6 is 11.6 Å². The third-order valence-electron chi connectivity index (χ3n) is 6.37. The van der Waals surface area contributed by atoms with Crippen LogP contribution in [-0.4, -0.2) is 34.2 Å². The van der Waals surface area contributed by atoms with E-state index in [1.54, 1.807) is 13.2 Å². The largest absolute Gasteiger partial charge is 0.494 e. The van der Waals surface area contributed by atoms with Crippen molar-refractivity contribution in [2.24, 2.45) is 5.10 Å². The highest BCUT2D eigenvalue weighted by Gasteiger charge is 2.12. The molecule has 3 aromatic carbocycles. The lowest BCUT2D eigenvalue weighted by atomic mass is 10.1. The fourth-order valence-corrected chi connectivity index (χ4v) is 4.72. The van der Waals surface area contributed by atoms with Crippen molar-refractivity contribution in [3.8, 4) is 5.75 Å². The first-order valence-electron chi connectivity index (χ1n) is 12.2. The number of aromatic nitrogens is 3. The van der Waals surface area contributed by atoms with E-state index in [4.69, 9.17) is 16.3 Å². The number of aromatic amines is 1. The number of anilines is 2. The number of para-hydroxylation sites is 2. The number of amides is 1. The van der Waals surface area contributed by atoms with Crippen LogP contribution in [0.25, 0.3) is 32.7 Å². The standard InChI is InChI=1S/C30H23ClN6O2/c1-17-12-25(22-7-5-9-27(39-2)28(22)33-17)34-21-10-11-24-19(14-21)15-26(35-24)30(38)37-32-16-20-13-18-6-3-4-8-23(18)36-29(20)31/h3-16,35H,1-2H3,(H,33,34)(H,37,38)/b32-16+. The van der Waals surface area contributed by atoms with E-state index in [2.05, 4.69) is 30.8 Å². The van der Waals surface area contributed by atoms with Gasteiger partial charge in [-0.1, -0.05) is 41.9 Å². The van der Waals surface area contributed by atoms with Crippen LogP contribution in [0.5, 0.6) is 5.75 Å². The fraction of sp³-hybridized carbons (Fsp3) is 0.0667. The van der Waals surface area contributed by atoms with E-state index in [9.17, 15) is 4.79 Å². The van der Waals surface area contributed by atoms with E-state index in [1.165, 1.54) is 6.21 Å². The van der Waals surface area contributed by atoms with Gasteiger partial charge in [0.1, 0.15) is 22.1 Å². The summed E-state index contributed by atoms with van der Waals surface area (Å²) in [6, 6.07) is 25.0. The molecular formula is C30H23ClN6O2. The summed E-state index contributed by atoms with van der Waals surface area (Å²) in [5.74, 6) is 0.350. The second kappa shape index (κ2) is 10.1. The Morgan fingerprint density at radius 2 is 1.87 bits per heavy atom. The minimum atomic E-state index is -0.371. The van der Waals surface area contributed by atoms with Gasteiger partial charge in [-0.15, -0.1) is 0 Å². The minimum Gasteiger partial charge on any atom is -0.494 e. The van der Waals surface area contributed by atoms with Gasteiger partial charge in [0, 0.05) is 44.3 Å². The molecule has 39 heavy (non-hydrogen) atoms. The number of methoxy groups -OCH3 is 1. The summed E-state index contributed by atoms with van der Waals surface area (Å²) >= 11 is 6.28. The summed E-state index contributed by atoms with van der Waals surface area (Å²) in [6.45, 7) is 1.95. The number of nitrogens with one attached hydrogen (secondary N) is 3. The predicted molar refractivity (Wildman–Crippen MR) is 156 cm³/mol. The summed E-state index contributed by atoms with van der Waals surface area (Å²) in [5.41, 5.74) is 8.63. The highest BCUT2D eigenvalue weighted by atomic mass is 35.5. The smallest absolute Gasteiger partial charge is 0.287 e. The summed E-state index contributed by atoms with van der Waals surface area (Å²) in [5, 5.41) is 10.6. The topological polar surface area (TPSA) is 104 Å². The summed E-state index contributed by atoms with van der Waals surface area (Å²) in [7, 11) is 1.64. The second-order valence-electron chi connectivity index (χ2n) is 9.04. The molecule has 8 nitrogen and oxygen atoms in total. The van der Waals surface area contributed by atoms with Crippen molar-refractivity contribution in [2.45, 2.75) is 6.92 Å². The maximum atomic E-state index is 12.8. The van der Waals surface area contributed by atoms with Crippen molar-refractivity contribution in [3.63, 3.8) is 0 Å². The van der Waals surface area contributed by atoms with Crippen LogP contribution < -0.4 is 15.5 Å². The Labute approximate surface area is 228 Å². The number of hydrogen-bond acceptors (Lipinski definition) is 6. The number of aryl methyl sites for hydroxylation is 1. The predicted octanol–water partition coefficient (Wildman–Crippen LogP) is 6.74. The molecule has 0 fully saturated rings. The number of benzene rings is 3. The highest BCUT2D eigenvalue weighted by Crippen LogP contribution is 2.32. The molecule has 0 unspecified atom stereocenters. The SMILES string of the molecule is COc1cccc2c(Nc3ccc4[nH]c(C(=O)N/N=C/c5cc6ccccc6nc5Cl)cc4c3)cc(C)nc12. The van der Waals surface area contributed by atoms with Gasteiger partial charge in [-0.05, 0) is 55.5 Å². The van der Waals surface area contributed by atoms with Gasteiger partial charge in [0.15, 0.2) is 0 Å². The normalized spacial score (nSPS) is 11.5. The Hall–Kier alpha value is -4.95. The number of carbonyl (C=O) groups excluding carboxylic acids is 1. The summed E-state index contributed by atoms with van der Waals surface area (Å²) in [6.07, 6.45) is 1.49. The molecule has 0 aliphatic heterocycles. The molecule has 6 aromatic rings. The zero-order valence-electron chi connectivity index (χ0n) is 21.1. The average molecular weight is 535 g/mol. The quantitative estimate of drug-likeness (QED) is 0.125. The summed E-state index contributed by atoms with van der Waals surface area (Å²) < 4.78 is 5.49. The van der Waals surface area contributed by atoms with Crippen LogP contribution in [0.3, 0.4) is 0 Å². The van der Waals surface area contributed by atoms with Crippen LogP contribution in [0.15, 0.2) is 84.0 Å². The van der Waals surface area contributed by atoms with Gasteiger partial charge >= 0.3 is 0 Å². The van der Waals surface area contributed by atoms with Crippen molar-refractivity contribution in [2.75, 3.05) is 12.4 Å². The van der Waals surface area contributed by atoms with Crippen molar-refractivity contribution < 1.29 is 9.53 Å². The number of pyridine rings is 2. The third-order valence-corrected chi connectivity index (χ3v) is 6.67. The molecule has 0 bridgehead atoms. The molecule has 3 N–H and O–H groups in total. The van der Waals surface area contributed by atoms with Crippen molar-refractivity contribution in [3.05, 3.63) is 101 Å². The highest BCUT2D eigenvalue weighted by molar-refractivity contribution is 6.32. The molecule has 6 rings (SSSR count). The lowest BCUT2D eigenvalue weighted by Gasteiger charge is -2.13. The van der Waals surface area contributed by atoms with Gasteiger partial charge in [-0.2, -0.15) is 5.10 Å². The zero-order valence-corrected chi connectivity index (χ0v) is 21.9. The first-order valence-corrected chi connectivity index (χ1v) is 12.6. The molecule has 1 amide bonds. The van der Waals surface area contributed by atoms with E-state index in [-0.39, 0.29) is 5.91 Å². The van der Waals surface area contributed by atoms with Gasteiger partial charge < -0.3 is 15.0 Å². The first-order chi connectivity index (χ1) is 19.0. The number of hydrogen-bond donors (Lipinski definition) is 3. The molecule has 0 aliphatic carbocycles. The summed E-state index contributed by atoms with van der Waals surface area (Å²) in [4.78, 5) is 24.9. The van der Waals surface area contributed by atoms with Crippen LogP contribution in [-0.2, 0) is 0 Å². The van der Waals surface area contributed by atoms with E-state index in [1.807, 2.05) is 79.7 Å². The number of nitrogens with zero attached hydrogens (tertiary/aromatic N) is 3. The average Bonchev–Trinajstić information content (AvgIpc) is 3.36. The Balaban J connectivity index is 1.21. The van der Waals surface area contributed by atoms with E-state index >= 15 is 0 Å². The van der Waals surface area contributed by atoms with Crippen molar-refractivity contribution in [1.82, 2.24) is 20.4 Å². The third kappa shape index (κ3) is 4.85. The first kappa shape index (κ1) is 24.4. The number of rotatable bonds is 6. The zero-order chi connectivity index (χ0) is 26.9. The fourth-order valence-electron chi connectivity index (χ4n) is 4.53. The number of ether oxygens (including phenoxy) is 1. The van der Waals surface area contributed by atoms with Crippen LogP contribution in [0.1, 0.15) is 21.7 Å². The Morgan fingerprint density at radius 3 is 2.74 bits per heavy atom. The monoisotopic (exact) mass is 534 g/mol. The molecule has 192 valence electrons. The second-order valence-corrected chi connectivity index (χ2v) is 9.40. The number of H-pyrrole nitrogens is 1. The van der Waals surface area contributed by atoms with Gasteiger partial charge in [0.05, 0.1) is 18.8 Å². The molecule has 0 saturated carbocycles. The van der Waals surface area contributed by atoms with E-state index < -0.39 is 0 Å². The molecule has 0 aliphatic rings. The van der Waals surface area contributed by atoms with Crippen molar-refractivity contribution in [1.29, 1.82) is 0 Å². The van der Waals surface area contributed by atoms with Crippen LogP contribution in [0, 0.1) is 6.92 Å². The van der Waals surface area contributed by atoms with Gasteiger partial charge in [0.25, 0.3) is 5.91 Å². The molecule has 3 aromatic heterocycles. The van der Waals surface area contributed by atoms with Crippen LogP contribution in [0.4, 0.5) is 11.4 Å².